The number of hydrogen-bond donors (Lipinski definition) is 0. The highest BCUT2D eigenvalue weighted by Crippen LogP contribution is 2.46. The normalized spacial score (nSPS) is 19.6. The maximum atomic E-state index is 6.40. The summed E-state index contributed by atoms with van der Waals surface area (Å²) in [5, 5.41) is 0. The zero-order valence-electron chi connectivity index (χ0n) is 14.2. The number of benzene rings is 2. The van der Waals surface area contributed by atoms with E-state index in [-0.39, 0.29) is 0 Å². The van der Waals surface area contributed by atoms with Crippen LogP contribution in [0.2, 0.25) is 0 Å². The molecule has 0 aliphatic carbocycles. The molecule has 0 saturated heterocycles. The highest BCUT2D eigenvalue weighted by Gasteiger charge is 2.40. The summed E-state index contributed by atoms with van der Waals surface area (Å²) in [7, 11) is 3.33. The zero-order chi connectivity index (χ0) is 17.0. The van der Waals surface area contributed by atoms with Crippen molar-refractivity contribution in [2.45, 2.75) is 24.9 Å². The van der Waals surface area contributed by atoms with Crippen LogP contribution in [-0.2, 0) is 16.8 Å². The largest absolute Gasteiger partial charge is 0.493 e. The van der Waals surface area contributed by atoms with Crippen LogP contribution in [0, 0.1) is 0 Å². The highest BCUT2D eigenvalue weighted by molar-refractivity contribution is 6.17. The Morgan fingerprint density at radius 1 is 1.08 bits per heavy atom. The number of methoxy groups -OCH3 is 2. The van der Waals surface area contributed by atoms with Gasteiger partial charge in [-0.2, -0.15) is 0 Å². The molecule has 0 radical (unpaired) electrons. The first-order valence-electron chi connectivity index (χ1n) is 8.26. The summed E-state index contributed by atoms with van der Waals surface area (Å²) in [5.74, 6) is 2.10. The van der Waals surface area contributed by atoms with Crippen molar-refractivity contribution in [3.05, 3.63) is 59.2 Å². The molecular weight excluding hydrogens is 324 g/mol. The summed E-state index contributed by atoms with van der Waals surface area (Å²) in [4.78, 5) is 0. The van der Waals surface area contributed by atoms with Gasteiger partial charge in [0, 0.05) is 5.88 Å². The van der Waals surface area contributed by atoms with Crippen molar-refractivity contribution in [2.24, 2.45) is 0 Å². The minimum atomic E-state index is -0.483. The minimum absolute atomic E-state index is 0.483. The molecule has 3 rings (SSSR count). The molecule has 1 aliphatic rings. The lowest BCUT2D eigenvalue weighted by molar-refractivity contribution is -0.0352. The van der Waals surface area contributed by atoms with E-state index >= 15 is 0 Å². The molecule has 0 bridgehead atoms. The van der Waals surface area contributed by atoms with Gasteiger partial charge in [0.1, 0.15) is 5.60 Å². The molecule has 0 saturated carbocycles. The Kier molecular flexibility index (Phi) is 5.32. The standard InChI is InChI=1S/C20H23ClO3/c1-22-18-13-15-9-12-24-20(10-6-11-21,16-7-4-3-5-8-16)17(15)14-19(18)23-2/h3-5,7-8,13-14H,6,9-12H2,1-2H3. The van der Waals surface area contributed by atoms with Crippen LogP contribution in [0.15, 0.2) is 42.5 Å². The molecule has 0 N–H and O–H groups in total. The smallest absolute Gasteiger partial charge is 0.161 e. The summed E-state index contributed by atoms with van der Waals surface area (Å²) >= 11 is 6.00. The van der Waals surface area contributed by atoms with E-state index in [2.05, 4.69) is 36.4 Å². The van der Waals surface area contributed by atoms with Crippen LogP contribution in [0.1, 0.15) is 29.5 Å². The SMILES string of the molecule is COc1cc2c(cc1OC)C(CCCCl)(c1ccccc1)OCC2. The topological polar surface area (TPSA) is 27.7 Å². The molecule has 0 amide bonds. The van der Waals surface area contributed by atoms with Crippen LogP contribution in [-0.4, -0.2) is 26.7 Å². The molecule has 1 heterocycles. The fourth-order valence-electron chi connectivity index (χ4n) is 3.53. The van der Waals surface area contributed by atoms with Gasteiger partial charge in [0.15, 0.2) is 11.5 Å². The summed E-state index contributed by atoms with van der Waals surface area (Å²) < 4.78 is 17.4. The maximum absolute atomic E-state index is 6.40. The average Bonchev–Trinajstić information content (AvgIpc) is 2.65. The van der Waals surface area contributed by atoms with E-state index in [1.54, 1.807) is 14.2 Å². The minimum Gasteiger partial charge on any atom is -0.493 e. The fourth-order valence-corrected chi connectivity index (χ4v) is 3.66. The van der Waals surface area contributed by atoms with Crippen molar-refractivity contribution >= 4 is 11.6 Å². The van der Waals surface area contributed by atoms with Crippen LogP contribution in [0.3, 0.4) is 0 Å². The van der Waals surface area contributed by atoms with E-state index in [9.17, 15) is 0 Å². The lowest BCUT2D eigenvalue weighted by atomic mass is 9.78. The molecule has 2 aromatic carbocycles. The van der Waals surface area contributed by atoms with Gasteiger partial charge in [0.05, 0.1) is 20.8 Å². The molecule has 1 atom stereocenters. The molecular formula is C20H23ClO3. The van der Waals surface area contributed by atoms with Gasteiger partial charge < -0.3 is 14.2 Å². The van der Waals surface area contributed by atoms with E-state index in [4.69, 9.17) is 25.8 Å². The molecule has 1 unspecified atom stereocenters. The lowest BCUT2D eigenvalue weighted by Gasteiger charge is -2.40. The van der Waals surface area contributed by atoms with Gasteiger partial charge in [-0.25, -0.2) is 0 Å². The van der Waals surface area contributed by atoms with Crippen molar-refractivity contribution < 1.29 is 14.2 Å². The van der Waals surface area contributed by atoms with Crippen molar-refractivity contribution in [1.29, 1.82) is 0 Å². The van der Waals surface area contributed by atoms with Crippen LogP contribution in [0.4, 0.5) is 0 Å². The number of hydrogen-bond acceptors (Lipinski definition) is 3. The van der Waals surface area contributed by atoms with Crippen molar-refractivity contribution in [2.75, 3.05) is 26.7 Å². The lowest BCUT2D eigenvalue weighted by Crippen LogP contribution is -2.37. The molecule has 0 fully saturated rings. The Morgan fingerprint density at radius 2 is 1.79 bits per heavy atom. The summed E-state index contributed by atoms with van der Waals surface area (Å²) in [6, 6.07) is 14.5. The Morgan fingerprint density at radius 3 is 2.46 bits per heavy atom. The molecule has 3 nitrogen and oxygen atoms in total. The third kappa shape index (κ3) is 2.99. The van der Waals surface area contributed by atoms with Gasteiger partial charge in [-0.3, -0.25) is 0 Å². The summed E-state index contributed by atoms with van der Waals surface area (Å²) in [6.45, 7) is 0.680. The maximum Gasteiger partial charge on any atom is 0.161 e. The van der Waals surface area contributed by atoms with Crippen molar-refractivity contribution in [1.82, 2.24) is 0 Å². The molecule has 0 aromatic heterocycles. The first-order valence-corrected chi connectivity index (χ1v) is 8.79. The van der Waals surface area contributed by atoms with Crippen LogP contribution >= 0.6 is 11.6 Å². The molecule has 24 heavy (non-hydrogen) atoms. The Labute approximate surface area is 148 Å². The van der Waals surface area contributed by atoms with E-state index < -0.39 is 5.60 Å². The summed E-state index contributed by atoms with van der Waals surface area (Å²) in [5.41, 5.74) is 3.08. The molecule has 128 valence electrons. The van der Waals surface area contributed by atoms with E-state index in [1.807, 2.05) is 6.07 Å². The first kappa shape index (κ1) is 17.1. The first-order chi connectivity index (χ1) is 11.7. The van der Waals surface area contributed by atoms with Crippen molar-refractivity contribution in [3.8, 4) is 11.5 Å². The Hall–Kier alpha value is -1.71. The van der Waals surface area contributed by atoms with E-state index in [0.29, 0.717) is 12.5 Å². The second-order valence-corrected chi connectivity index (χ2v) is 6.33. The van der Waals surface area contributed by atoms with Crippen LogP contribution in [0.25, 0.3) is 0 Å². The van der Waals surface area contributed by atoms with Crippen LogP contribution < -0.4 is 9.47 Å². The second kappa shape index (κ2) is 7.45. The number of fused-ring (bicyclic) bond motifs is 1. The zero-order valence-corrected chi connectivity index (χ0v) is 14.9. The second-order valence-electron chi connectivity index (χ2n) is 5.95. The van der Waals surface area contributed by atoms with E-state index in [0.717, 1.165) is 41.9 Å². The quantitative estimate of drug-likeness (QED) is 0.719. The van der Waals surface area contributed by atoms with Gasteiger partial charge in [0.2, 0.25) is 0 Å². The fraction of sp³-hybridized carbons (Fsp3) is 0.400. The third-order valence-corrected chi connectivity index (χ3v) is 4.93. The van der Waals surface area contributed by atoms with Crippen LogP contribution in [0.5, 0.6) is 11.5 Å². The average molecular weight is 347 g/mol. The molecule has 2 aromatic rings. The van der Waals surface area contributed by atoms with Gasteiger partial charge in [-0.05, 0) is 48.1 Å². The summed E-state index contributed by atoms with van der Waals surface area (Å²) in [6.07, 6.45) is 2.58. The van der Waals surface area contributed by atoms with Crippen molar-refractivity contribution in [3.63, 3.8) is 0 Å². The van der Waals surface area contributed by atoms with Gasteiger partial charge in [-0.1, -0.05) is 30.3 Å². The molecule has 4 heteroatoms. The Balaban J connectivity index is 2.18. The number of ether oxygens (including phenoxy) is 3. The number of rotatable bonds is 6. The van der Waals surface area contributed by atoms with Gasteiger partial charge in [-0.15, -0.1) is 11.6 Å². The third-order valence-electron chi connectivity index (χ3n) is 4.67. The predicted octanol–water partition coefficient (Wildman–Crippen LogP) is 4.54. The van der Waals surface area contributed by atoms with Gasteiger partial charge >= 0.3 is 0 Å². The molecule has 0 spiro atoms. The monoisotopic (exact) mass is 346 g/mol. The number of halogens is 1. The highest BCUT2D eigenvalue weighted by atomic mass is 35.5. The predicted molar refractivity (Wildman–Crippen MR) is 96.4 cm³/mol. The molecule has 1 aliphatic heterocycles. The van der Waals surface area contributed by atoms with E-state index in [1.165, 1.54) is 5.56 Å². The Bertz CT molecular complexity index is 687. The number of alkyl halides is 1. The van der Waals surface area contributed by atoms with Gasteiger partial charge in [0.25, 0.3) is 0 Å².